The molecule has 4 nitrogen and oxygen atoms in total. The van der Waals surface area contributed by atoms with E-state index in [1.54, 1.807) is 25.3 Å². The first-order chi connectivity index (χ1) is 16.6. The highest BCUT2D eigenvalue weighted by Crippen LogP contribution is 2.42. The third kappa shape index (κ3) is 6.90. The second-order valence-electron chi connectivity index (χ2n) is 8.66. The average Bonchev–Trinajstić information content (AvgIpc) is 3.15. The molecule has 0 saturated carbocycles. The number of unbranched alkanes of at least 4 members (excludes halogenated alkanes) is 1. The predicted molar refractivity (Wildman–Crippen MR) is 133 cm³/mol. The van der Waals surface area contributed by atoms with Gasteiger partial charge in [0, 0.05) is 16.0 Å². The standard InChI is InChI=1S/C27H31F3O4S/c1-4-5-6-19(26-17(2)21-10-9-20(27(28,29)30)16-24(21)35-26)13-14-34-22-11-7-18(8-12-25(31)32)15-23(22)33-3/h7,9-11,15-16,19H,4-6,8,12-14H2,1-3H3,(H,31,32). The Balaban J connectivity index is 1.76. The van der Waals surface area contributed by atoms with Crippen LogP contribution in [-0.4, -0.2) is 24.8 Å². The fourth-order valence-electron chi connectivity index (χ4n) is 4.22. The fourth-order valence-corrected chi connectivity index (χ4v) is 5.64. The summed E-state index contributed by atoms with van der Waals surface area (Å²) in [7, 11) is 1.54. The van der Waals surface area contributed by atoms with Crippen LogP contribution in [0.1, 0.15) is 66.5 Å². The monoisotopic (exact) mass is 508 g/mol. The third-order valence-electron chi connectivity index (χ3n) is 6.16. The van der Waals surface area contributed by atoms with E-state index in [-0.39, 0.29) is 12.3 Å². The number of rotatable bonds is 12. The van der Waals surface area contributed by atoms with Crippen LogP contribution in [0.2, 0.25) is 0 Å². The van der Waals surface area contributed by atoms with Gasteiger partial charge in [0.25, 0.3) is 0 Å². The van der Waals surface area contributed by atoms with Crippen molar-refractivity contribution in [2.45, 2.75) is 64.5 Å². The van der Waals surface area contributed by atoms with E-state index in [1.165, 1.54) is 17.4 Å². The van der Waals surface area contributed by atoms with Gasteiger partial charge in [-0.3, -0.25) is 4.79 Å². The molecule has 2 aromatic carbocycles. The van der Waals surface area contributed by atoms with E-state index in [0.717, 1.165) is 53.1 Å². The molecule has 1 heterocycles. The zero-order valence-electron chi connectivity index (χ0n) is 20.2. The van der Waals surface area contributed by atoms with E-state index in [1.807, 2.05) is 13.0 Å². The SMILES string of the molecule is CCCCC(CCOc1ccc(CCC(=O)O)cc1OC)c1sc2cc(C(F)(F)F)ccc2c1C. The largest absolute Gasteiger partial charge is 0.493 e. The Morgan fingerprint density at radius 3 is 2.54 bits per heavy atom. The molecule has 0 aliphatic heterocycles. The molecule has 1 atom stereocenters. The highest BCUT2D eigenvalue weighted by atomic mass is 32.1. The van der Waals surface area contributed by atoms with E-state index in [9.17, 15) is 18.0 Å². The van der Waals surface area contributed by atoms with Crippen molar-refractivity contribution < 1.29 is 32.5 Å². The third-order valence-corrected chi connectivity index (χ3v) is 7.58. The molecular formula is C27H31F3O4S. The van der Waals surface area contributed by atoms with Gasteiger partial charge in [0.1, 0.15) is 0 Å². The predicted octanol–water partition coefficient (Wildman–Crippen LogP) is 8.00. The van der Waals surface area contributed by atoms with E-state index in [2.05, 4.69) is 6.92 Å². The van der Waals surface area contributed by atoms with Crippen molar-refractivity contribution in [2.24, 2.45) is 0 Å². The number of halogens is 3. The Kier molecular flexibility index (Phi) is 9.05. The Bertz CT molecular complexity index is 1150. The summed E-state index contributed by atoms with van der Waals surface area (Å²) >= 11 is 1.45. The number of alkyl halides is 3. The molecule has 0 saturated heterocycles. The number of hydrogen-bond donors (Lipinski definition) is 1. The number of methoxy groups -OCH3 is 1. The first kappa shape index (κ1) is 26.9. The van der Waals surface area contributed by atoms with Crippen LogP contribution in [-0.2, 0) is 17.4 Å². The fraction of sp³-hybridized carbons (Fsp3) is 0.444. The van der Waals surface area contributed by atoms with Crippen LogP contribution in [0.4, 0.5) is 13.2 Å². The lowest BCUT2D eigenvalue weighted by atomic mass is 9.94. The van der Waals surface area contributed by atoms with E-state index in [0.29, 0.717) is 29.2 Å². The number of ether oxygens (including phenoxy) is 2. The minimum atomic E-state index is -4.36. The van der Waals surface area contributed by atoms with Crippen LogP contribution in [0.3, 0.4) is 0 Å². The van der Waals surface area contributed by atoms with Crippen molar-refractivity contribution in [3.05, 3.63) is 58.0 Å². The Labute approximate surface area is 207 Å². The summed E-state index contributed by atoms with van der Waals surface area (Å²) in [6, 6.07) is 9.41. The molecule has 1 N–H and O–H groups in total. The van der Waals surface area contributed by atoms with Gasteiger partial charge in [-0.1, -0.05) is 31.9 Å². The van der Waals surface area contributed by atoms with Gasteiger partial charge >= 0.3 is 12.1 Å². The molecule has 35 heavy (non-hydrogen) atoms. The van der Waals surface area contributed by atoms with Gasteiger partial charge in [0.15, 0.2) is 11.5 Å². The lowest BCUT2D eigenvalue weighted by Gasteiger charge is -2.18. The molecule has 3 rings (SSSR count). The van der Waals surface area contributed by atoms with Gasteiger partial charge in [-0.2, -0.15) is 13.2 Å². The summed E-state index contributed by atoms with van der Waals surface area (Å²) in [6.07, 6.45) is -0.189. The minimum absolute atomic E-state index is 0.0431. The Morgan fingerprint density at radius 1 is 1.11 bits per heavy atom. The number of hydrogen-bond acceptors (Lipinski definition) is 4. The van der Waals surface area contributed by atoms with Crippen molar-refractivity contribution in [2.75, 3.05) is 13.7 Å². The molecule has 0 spiro atoms. The summed E-state index contributed by atoms with van der Waals surface area (Å²) < 4.78 is 51.7. The molecule has 1 aromatic heterocycles. The van der Waals surface area contributed by atoms with Crippen LogP contribution in [0.5, 0.6) is 11.5 Å². The number of thiophene rings is 1. The molecule has 0 radical (unpaired) electrons. The maximum atomic E-state index is 13.2. The lowest BCUT2D eigenvalue weighted by molar-refractivity contribution is -0.138. The van der Waals surface area contributed by atoms with Crippen LogP contribution < -0.4 is 9.47 Å². The zero-order chi connectivity index (χ0) is 25.6. The minimum Gasteiger partial charge on any atom is -0.493 e. The topological polar surface area (TPSA) is 55.8 Å². The second kappa shape index (κ2) is 11.8. The highest BCUT2D eigenvalue weighted by Gasteiger charge is 2.31. The number of carboxylic acids is 1. The molecule has 1 unspecified atom stereocenters. The molecule has 3 aromatic rings. The van der Waals surface area contributed by atoms with Crippen molar-refractivity contribution in [1.82, 2.24) is 0 Å². The van der Waals surface area contributed by atoms with Gasteiger partial charge in [-0.25, -0.2) is 0 Å². The van der Waals surface area contributed by atoms with Gasteiger partial charge in [0.05, 0.1) is 19.3 Å². The summed E-state index contributed by atoms with van der Waals surface area (Å²) in [5.74, 6) is 0.468. The van der Waals surface area contributed by atoms with E-state index >= 15 is 0 Å². The molecule has 0 fully saturated rings. The molecule has 8 heteroatoms. The molecule has 0 aliphatic carbocycles. The van der Waals surface area contributed by atoms with Crippen molar-refractivity contribution in [3.8, 4) is 11.5 Å². The molecular weight excluding hydrogens is 477 g/mol. The average molecular weight is 509 g/mol. The molecule has 0 amide bonds. The van der Waals surface area contributed by atoms with Crippen LogP contribution in [0.15, 0.2) is 36.4 Å². The quantitative estimate of drug-likeness (QED) is 0.269. The van der Waals surface area contributed by atoms with Crippen molar-refractivity contribution in [1.29, 1.82) is 0 Å². The normalized spacial score (nSPS) is 12.6. The summed E-state index contributed by atoms with van der Waals surface area (Å²) in [6.45, 7) is 4.54. The van der Waals surface area contributed by atoms with Gasteiger partial charge in [-0.05, 0) is 72.9 Å². The smallest absolute Gasteiger partial charge is 0.416 e. The first-order valence-corrected chi connectivity index (χ1v) is 12.6. The highest BCUT2D eigenvalue weighted by molar-refractivity contribution is 7.19. The number of carbonyl (C=O) groups is 1. The second-order valence-corrected chi connectivity index (χ2v) is 9.74. The van der Waals surface area contributed by atoms with E-state index < -0.39 is 17.7 Å². The lowest BCUT2D eigenvalue weighted by Crippen LogP contribution is -2.07. The summed E-state index contributed by atoms with van der Waals surface area (Å²) in [5.41, 5.74) is 1.28. The maximum absolute atomic E-state index is 13.2. The number of carboxylic acid groups (broad SMARTS) is 1. The summed E-state index contributed by atoms with van der Waals surface area (Å²) in [5, 5.41) is 9.76. The number of benzene rings is 2. The van der Waals surface area contributed by atoms with Crippen molar-refractivity contribution >= 4 is 27.4 Å². The van der Waals surface area contributed by atoms with Crippen molar-refractivity contribution in [3.63, 3.8) is 0 Å². The first-order valence-electron chi connectivity index (χ1n) is 11.8. The maximum Gasteiger partial charge on any atom is 0.416 e. The summed E-state index contributed by atoms with van der Waals surface area (Å²) in [4.78, 5) is 11.9. The van der Waals surface area contributed by atoms with Crippen LogP contribution in [0, 0.1) is 6.92 Å². The van der Waals surface area contributed by atoms with Gasteiger partial charge < -0.3 is 14.6 Å². The Hall–Kier alpha value is -2.74. The number of aryl methyl sites for hydroxylation is 2. The molecule has 190 valence electrons. The van der Waals surface area contributed by atoms with Gasteiger partial charge in [0.2, 0.25) is 0 Å². The molecule has 0 bridgehead atoms. The number of aliphatic carboxylic acids is 1. The van der Waals surface area contributed by atoms with Crippen LogP contribution >= 0.6 is 11.3 Å². The molecule has 0 aliphatic rings. The zero-order valence-corrected chi connectivity index (χ0v) is 21.0. The Morgan fingerprint density at radius 2 is 1.89 bits per heavy atom. The van der Waals surface area contributed by atoms with Crippen LogP contribution in [0.25, 0.3) is 10.1 Å². The van der Waals surface area contributed by atoms with Gasteiger partial charge in [-0.15, -0.1) is 11.3 Å². The van der Waals surface area contributed by atoms with E-state index in [4.69, 9.17) is 14.6 Å². The number of fused-ring (bicyclic) bond motifs is 1.